The molecule has 6 heterocycles. The summed E-state index contributed by atoms with van der Waals surface area (Å²) in [6, 6.07) is 0.923. The van der Waals surface area contributed by atoms with Crippen LogP contribution in [-0.2, 0) is 41.4 Å². The molecule has 20 nitrogen and oxygen atoms in total. The van der Waals surface area contributed by atoms with Gasteiger partial charge in [0.25, 0.3) is 5.56 Å². The number of nitrogen functional groups attached to an aromatic ring is 1. The summed E-state index contributed by atoms with van der Waals surface area (Å²) in [5.74, 6) is 0.0647. The zero-order chi connectivity index (χ0) is 30.7. The fourth-order valence-electron chi connectivity index (χ4n) is 5.00. The van der Waals surface area contributed by atoms with Crippen LogP contribution >= 0.6 is 15.6 Å². The van der Waals surface area contributed by atoms with Crippen molar-refractivity contribution in [1.29, 1.82) is 0 Å². The highest BCUT2D eigenvalue weighted by atomic mass is 31.2. The van der Waals surface area contributed by atoms with Crippen LogP contribution in [0.5, 0.6) is 0 Å². The van der Waals surface area contributed by atoms with Gasteiger partial charge in [-0.05, 0) is 0 Å². The van der Waals surface area contributed by atoms with Gasteiger partial charge in [0.2, 0.25) is 0 Å². The average molecular weight is 651 g/mol. The van der Waals surface area contributed by atoms with Crippen molar-refractivity contribution in [3.8, 4) is 0 Å². The molecule has 3 aliphatic heterocycles. The molecule has 0 amide bonds. The number of fused-ring (bicyclic) bond motifs is 4. The first-order valence-electron chi connectivity index (χ1n) is 12.4. The Balaban J connectivity index is 1.33. The van der Waals surface area contributed by atoms with E-state index < -0.39 is 89.3 Å². The minimum Gasteiger partial charge on any atom is -0.382 e. The molecular formula is C20H24FN7O13P2. The Kier molecular flexibility index (Phi) is 7.84. The maximum Gasteiger partial charge on any atom is 0.472 e. The molecule has 0 aliphatic carbocycles. The number of alkyl halides is 1. The standard InChI is InChI=1S/C20H24FN7O13P2/c1-35-15-13-9(39-19(15)28-7-25-12-16(22)23-6-24-17(12)28)5-37-43(33,34)41-14-11(21)8(4-36-42(31,32)40-13)38-18(14)27-3-2-10(29)26-20(27)30/h2-3,6-9,11,13-15,18-19H,4-5H2,1H3,(H,31,32)(H,33,34)(H2,22,23,24)(H,26,29,30)/t8-,9-,11-,13-,14-,15-,18-,19-/m1/s1. The molecular weight excluding hydrogens is 627 g/mol. The van der Waals surface area contributed by atoms with E-state index in [1.807, 2.05) is 4.98 Å². The Morgan fingerprint density at radius 1 is 1.02 bits per heavy atom. The van der Waals surface area contributed by atoms with Gasteiger partial charge < -0.3 is 29.7 Å². The van der Waals surface area contributed by atoms with Gasteiger partial charge in [0.05, 0.1) is 19.5 Å². The number of phosphoric ester groups is 2. The van der Waals surface area contributed by atoms with Crippen LogP contribution in [0, 0.1) is 0 Å². The van der Waals surface area contributed by atoms with Gasteiger partial charge in [-0.15, -0.1) is 0 Å². The number of hydrogen-bond acceptors (Lipinski definition) is 15. The molecule has 6 rings (SSSR count). The molecule has 3 aromatic rings. The molecule has 23 heteroatoms. The van der Waals surface area contributed by atoms with Gasteiger partial charge in [0.1, 0.15) is 42.4 Å². The summed E-state index contributed by atoms with van der Waals surface area (Å²) >= 11 is 0. The van der Waals surface area contributed by atoms with Crippen LogP contribution < -0.4 is 17.0 Å². The molecule has 3 fully saturated rings. The van der Waals surface area contributed by atoms with E-state index in [4.69, 9.17) is 38.0 Å². The number of phosphoric acid groups is 2. The lowest BCUT2D eigenvalue weighted by atomic mass is 10.1. The van der Waals surface area contributed by atoms with E-state index in [9.17, 15) is 28.5 Å². The molecule has 43 heavy (non-hydrogen) atoms. The number of H-pyrrole nitrogens is 1. The first-order chi connectivity index (χ1) is 20.4. The van der Waals surface area contributed by atoms with Gasteiger partial charge in [-0.1, -0.05) is 0 Å². The summed E-state index contributed by atoms with van der Waals surface area (Å²) in [6.45, 7) is -1.74. The van der Waals surface area contributed by atoms with Crippen molar-refractivity contribution in [1.82, 2.24) is 29.1 Å². The minimum absolute atomic E-state index is 0.0647. The van der Waals surface area contributed by atoms with Gasteiger partial charge >= 0.3 is 21.3 Å². The van der Waals surface area contributed by atoms with Crippen LogP contribution in [0.15, 0.2) is 34.5 Å². The summed E-state index contributed by atoms with van der Waals surface area (Å²) in [7, 11) is -8.97. The van der Waals surface area contributed by atoms with Gasteiger partial charge in [0, 0.05) is 19.4 Å². The third-order valence-corrected chi connectivity index (χ3v) is 8.89. The van der Waals surface area contributed by atoms with Crippen molar-refractivity contribution in [2.24, 2.45) is 0 Å². The highest BCUT2D eigenvalue weighted by Gasteiger charge is 2.54. The Morgan fingerprint density at radius 2 is 1.70 bits per heavy atom. The number of imidazole rings is 1. The van der Waals surface area contributed by atoms with E-state index in [0.717, 1.165) is 12.3 Å². The van der Waals surface area contributed by atoms with Crippen LogP contribution in [0.3, 0.4) is 0 Å². The predicted octanol–water partition coefficient (Wildman–Crippen LogP) is -0.875. The van der Waals surface area contributed by atoms with Gasteiger partial charge in [-0.3, -0.25) is 37.0 Å². The van der Waals surface area contributed by atoms with E-state index in [-0.39, 0.29) is 17.0 Å². The largest absolute Gasteiger partial charge is 0.472 e. The number of methoxy groups -OCH3 is 1. The Bertz CT molecular complexity index is 1740. The number of nitrogens with zero attached hydrogens (tertiary/aromatic N) is 5. The average Bonchev–Trinajstić information content (AvgIpc) is 3.60. The molecule has 234 valence electrons. The topological polar surface area (TPSA) is 264 Å². The van der Waals surface area contributed by atoms with Crippen molar-refractivity contribution in [3.63, 3.8) is 0 Å². The number of aromatic amines is 1. The third-order valence-electron chi connectivity index (χ3n) is 6.92. The van der Waals surface area contributed by atoms with Crippen LogP contribution in [0.25, 0.3) is 11.2 Å². The molecule has 2 unspecified atom stereocenters. The van der Waals surface area contributed by atoms with E-state index in [0.29, 0.717) is 4.57 Å². The first-order valence-corrected chi connectivity index (χ1v) is 15.4. The molecule has 0 saturated carbocycles. The van der Waals surface area contributed by atoms with E-state index in [1.54, 1.807) is 0 Å². The SMILES string of the molecule is CO[C@@H]1[C@@H]2OP(=O)(O)OC[C@H]3O[C@@H](n4ccc(=O)[nH]c4=O)[C@H](OP(=O)(O)OC[C@H]2O[C@H]1n1cnc2c(N)ncnc21)[C@@H]3F. The number of halogens is 1. The van der Waals surface area contributed by atoms with Crippen molar-refractivity contribution in [2.45, 2.75) is 49.1 Å². The normalized spacial score (nSPS) is 38.7. The summed E-state index contributed by atoms with van der Waals surface area (Å²) in [6.07, 6.45) is -9.46. The summed E-state index contributed by atoms with van der Waals surface area (Å²) in [5.41, 5.74) is 4.46. The molecule has 0 radical (unpaired) electrons. The summed E-state index contributed by atoms with van der Waals surface area (Å²) in [5, 5.41) is 0. The smallest absolute Gasteiger partial charge is 0.382 e. The monoisotopic (exact) mass is 651 g/mol. The van der Waals surface area contributed by atoms with Crippen LogP contribution in [0.1, 0.15) is 12.5 Å². The van der Waals surface area contributed by atoms with Crippen LogP contribution in [0.4, 0.5) is 10.2 Å². The number of nitrogens with two attached hydrogens (primary N) is 1. The number of ether oxygens (including phenoxy) is 3. The summed E-state index contributed by atoms with van der Waals surface area (Å²) in [4.78, 5) is 59.1. The van der Waals surface area contributed by atoms with Crippen molar-refractivity contribution in [3.05, 3.63) is 45.8 Å². The molecule has 10 atom stereocenters. The number of hydrogen-bond donors (Lipinski definition) is 4. The zero-order valence-corrected chi connectivity index (χ0v) is 23.6. The second-order valence-electron chi connectivity index (χ2n) is 9.54. The predicted molar refractivity (Wildman–Crippen MR) is 136 cm³/mol. The third kappa shape index (κ3) is 5.69. The molecule has 3 saturated heterocycles. The Hall–Kier alpha value is -2.94. The van der Waals surface area contributed by atoms with Crippen molar-refractivity contribution < 1.29 is 55.6 Å². The van der Waals surface area contributed by atoms with Crippen LogP contribution in [0.2, 0.25) is 0 Å². The number of nitrogens with one attached hydrogen (secondary N) is 1. The van der Waals surface area contributed by atoms with Crippen LogP contribution in [-0.4, -0.2) is 95.9 Å². The maximum atomic E-state index is 15.5. The minimum atomic E-state index is -5.17. The molecule has 2 bridgehead atoms. The van der Waals surface area contributed by atoms with E-state index in [1.165, 1.54) is 24.3 Å². The van der Waals surface area contributed by atoms with E-state index >= 15 is 4.39 Å². The summed E-state index contributed by atoms with van der Waals surface area (Å²) < 4.78 is 81.2. The highest BCUT2D eigenvalue weighted by Crippen LogP contribution is 2.54. The van der Waals surface area contributed by atoms with E-state index in [2.05, 4.69) is 15.0 Å². The molecule has 5 N–H and O–H groups in total. The molecule has 3 aromatic heterocycles. The lowest BCUT2D eigenvalue weighted by Gasteiger charge is -2.26. The van der Waals surface area contributed by atoms with Gasteiger partial charge in [-0.25, -0.2) is 33.3 Å². The molecule has 0 aromatic carbocycles. The number of rotatable bonds is 3. The second-order valence-corrected chi connectivity index (χ2v) is 12.4. The zero-order valence-electron chi connectivity index (χ0n) is 21.8. The lowest BCUT2D eigenvalue weighted by Crippen LogP contribution is -2.38. The first kappa shape index (κ1) is 30.1. The van der Waals surface area contributed by atoms with Gasteiger partial charge in [0.15, 0.2) is 30.1 Å². The fraction of sp³-hybridized carbons (Fsp3) is 0.550. The molecule has 3 aliphatic rings. The van der Waals surface area contributed by atoms with Gasteiger partial charge in [-0.2, -0.15) is 0 Å². The lowest BCUT2D eigenvalue weighted by molar-refractivity contribution is -0.0694. The number of anilines is 1. The quantitative estimate of drug-likeness (QED) is 0.251. The van der Waals surface area contributed by atoms with Crippen molar-refractivity contribution >= 4 is 32.6 Å². The number of aromatic nitrogens is 6. The Labute approximate surface area is 238 Å². The second kappa shape index (κ2) is 11.2. The van der Waals surface area contributed by atoms with Crippen molar-refractivity contribution in [2.75, 3.05) is 26.1 Å². The Morgan fingerprint density at radius 3 is 2.40 bits per heavy atom. The maximum absolute atomic E-state index is 15.5. The fourth-order valence-corrected chi connectivity index (χ4v) is 6.88. The highest BCUT2D eigenvalue weighted by molar-refractivity contribution is 7.47. The molecule has 0 spiro atoms.